The van der Waals surface area contributed by atoms with Gasteiger partial charge >= 0.3 is 0 Å². The second-order valence-corrected chi connectivity index (χ2v) is 4.71. The van der Waals surface area contributed by atoms with E-state index in [1.807, 2.05) is 11.1 Å². The third-order valence-electron chi connectivity index (χ3n) is 3.79. The summed E-state index contributed by atoms with van der Waals surface area (Å²) in [6, 6.07) is 0. The Labute approximate surface area is 82.4 Å². The second kappa shape index (κ2) is 4.30. The summed E-state index contributed by atoms with van der Waals surface area (Å²) in [5, 5.41) is 0. The molecule has 0 saturated heterocycles. The predicted octanol–water partition coefficient (Wildman–Crippen LogP) is 4.46. The van der Waals surface area contributed by atoms with E-state index >= 15 is 0 Å². The lowest BCUT2D eigenvalue weighted by atomic mass is 9.74. The highest BCUT2D eigenvalue weighted by Crippen LogP contribution is 2.40. The van der Waals surface area contributed by atoms with Crippen LogP contribution in [-0.4, -0.2) is 0 Å². The van der Waals surface area contributed by atoms with Crippen molar-refractivity contribution in [3.05, 3.63) is 11.1 Å². The fraction of sp³-hybridized carbons (Fsp3) is 0.846. The fourth-order valence-electron chi connectivity index (χ4n) is 3.17. The van der Waals surface area contributed by atoms with Crippen LogP contribution >= 0.6 is 0 Å². The monoisotopic (exact) mass is 178 g/mol. The molecule has 0 radical (unpaired) electrons. The van der Waals surface area contributed by atoms with Crippen LogP contribution in [0.1, 0.15) is 64.7 Å². The third kappa shape index (κ3) is 1.98. The standard InChI is InChI=1S/C13H22/c1-2-6-11-8-5-9-12-7-3-4-10-13(11)12/h11H,2-10H2,1H3. The van der Waals surface area contributed by atoms with Gasteiger partial charge in [-0.15, -0.1) is 0 Å². The van der Waals surface area contributed by atoms with Gasteiger partial charge in [0.05, 0.1) is 0 Å². The Balaban J connectivity index is 2.10. The quantitative estimate of drug-likeness (QED) is 0.548. The molecule has 1 atom stereocenters. The van der Waals surface area contributed by atoms with Crippen LogP contribution in [0.4, 0.5) is 0 Å². The van der Waals surface area contributed by atoms with Gasteiger partial charge < -0.3 is 0 Å². The molecule has 2 aliphatic rings. The summed E-state index contributed by atoms with van der Waals surface area (Å²) in [6.45, 7) is 2.33. The van der Waals surface area contributed by atoms with E-state index in [9.17, 15) is 0 Å². The van der Waals surface area contributed by atoms with Crippen LogP contribution in [0.5, 0.6) is 0 Å². The Morgan fingerprint density at radius 3 is 2.69 bits per heavy atom. The van der Waals surface area contributed by atoms with Gasteiger partial charge in [0.1, 0.15) is 0 Å². The molecule has 0 aromatic rings. The maximum atomic E-state index is 2.33. The molecule has 0 spiro atoms. The van der Waals surface area contributed by atoms with Crippen LogP contribution in [0.2, 0.25) is 0 Å². The van der Waals surface area contributed by atoms with Crippen LogP contribution in [-0.2, 0) is 0 Å². The number of allylic oxidation sites excluding steroid dienone is 2. The van der Waals surface area contributed by atoms with E-state index in [0.717, 1.165) is 5.92 Å². The van der Waals surface area contributed by atoms with Crippen LogP contribution in [0.3, 0.4) is 0 Å². The van der Waals surface area contributed by atoms with Gasteiger partial charge in [0, 0.05) is 0 Å². The summed E-state index contributed by atoms with van der Waals surface area (Å²) in [5.74, 6) is 0.994. The van der Waals surface area contributed by atoms with Gasteiger partial charge in [0.15, 0.2) is 0 Å². The van der Waals surface area contributed by atoms with Crippen molar-refractivity contribution in [3.8, 4) is 0 Å². The van der Waals surface area contributed by atoms with Gasteiger partial charge in [-0.2, -0.15) is 0 Å². The molecular weight excluding hydrogens is 156 g/mol. The van der Waals surface area contributed by atoms with E-state index in [-0.39, 0.29) is 0 Å². The largest absolute Gasteiger partial charge is 0.0707 e. The van der Waals surface area contributed by atoms with Crippen LogP contribution < -0.4 is 0 Å². The average molecular weight is 178 g/mol. The molecule has 1 unspecified atom stereocenters. The Morgan fingerprint density at radius 2 is 1.85 bits per heavy atom. The van der Waals surface area contributed by atoms with Crippen molar-refractivity contribution in [2.45, 2.75) is 64.7 Å². The normalized spacial score (nSPS) is 28.8. The highest BCUT2D eigenvalue weighted by Gasteiger charge is 2.23. The molecule has 0 aliphatic heterocycles. The molecule has 0 heteroatoms. The van der Waals surface area contributed by atoms with Crippen molar-refractivity contribution in [3.63, 3.8) is 0 Å². The third-order valence-corrected chi connectivity index (χ3v) is 3.79. The van der Waals surface area contributed by atoms with Crippen molar-refractivity contribution in [1.82, 2.24) is 0 Å². The van der Waals surface area contributed by atoms with E-state index in [0.29, 0.717) is 0 Å². The molecule has 0 aromatic carbocycles. The van der Waals surface area contributed by atoms with E-state index in [4.69, 9.17) is 0 Å². The zero-order chi connectivity index (χ0) is 9.10. The van der Waals surface area contributed by atoms with Gasteiger partial charge in [0.25, 0.3) is 0 Å². The smallest absolute Gasteiger partial charge is 0.0201 e. The molecule has 0 aromatic heterocycles. The fourth-order valence-corrected chi connectivity index (χ4v) is 3.17. The highest BCUT2D eigenvalue weighted by molar-refractivity contribution is 5.22. The zero-order valence-corrected chi connectivity index (χ0v) is 8.94. The first-order chi connectivity index (χ1) is 6.42. The summed E-state index contributed by atoms with van der Waals surface area (Å²) in [7, 11) is 0. The molecule has 0 saturated carbocycles. The van der Waals surface area contributed by atoms with Crippen molar-refractivity contribution in [2.75, 3.05) is 0 Å². The lowest BCUT2D eigenvalue weighted by Gasteiger charge is -2.31. The van der Waals surface area contributed by atoms with Crippen molar-refractivity contribution >= 4 is 0 Å². The number of hydrogen-bond acceptors (Lipinski definition) is 0. The SMILES string of the molecule is CCCC1CCCC2=C1CCCC2. The highest BCUT2D eigenvalue weighted by atomic mass is 14.3. The van der Waals surface area contributed by atoms with Crippen LogP contribution in [0, 0.1) is 5.92 Å². The van der Waals surface area contributed by atoms with Gasteiger partial charge in [0.2, 0.25) is 0 Å². The predicted molar refractivity (Wildman–Crippen MR) is 57.7 cm³/mol. The average Bonchev–Trinajstić information content (AvgIpc) is 2.19. The first-order valence-corrected chi connectivity index (χ1v) is 6.12. The molecule has 2 rings (SSSR count). The summed E-state index contributed by atoms with van der Waals surface area (Å²) in [5.41, 5.74) is 3.77. The van der Waals surface area contributed by atoms with E-state index < -0.39 is 0 Å². The Kier molecular flexibility index (Phi) is 3.08. The first-order valence-electron chi connectivity index (χ1n) is 6.12. The van der Waals surface area contributed by atoms with E-state index in [1.165, 1.54) is 57.8 Å². The van der Waals surface area contributed by atoms with Crippen molar-refractivity contribution < 1.29 is 0 Å². The molecule has 0 bridgehead atoms. The van der Waals surface area contributed by atoms with Crippen LogP contribution in [0.25, 0.3) is 0 Å². The van der Waals surface area contributed by atoms with Crippen molar-refractivity contribution in [1.29, 1.82) is 0 Å². The maximum Gasteiger partial charge on any atom is -0.0201 e. The van der Waals surface area contributed by atoms with Crippen molar-refractivity contribution in [2.24, 2.45) is 5.92 Å². The number of rotatable bonds is 2. The summed E-state index contributed by atoms with van der Waals surface area (Å²) >= 11 is 0. The zero-order valence-electron chi connectivity index (χ0n) is 8.94. The Morgan fingerprint density at radius 1 is 1.08 bits per heavy atom. The molecule has 0 heterocycles. The van der Waals surface area contributed by atoms with Gasteiger partial charge in [-0.3, -0.25) is 0 Å². The molecule has 74 valence electrons. The molecule has 0 fully saturated rings. The lowest BCUT2D eigenvalue weighted by Crippen LogP contribution is -2.15. The Bertz CT molecular complexity index is 196. The molecule has 13 heavy (non-hydrogen) atoms. The Hall–Kier alpha value is -0.260. The summed E-state index contributed by atoms with van der Waals surface area (Å²) < 4.78 is 0. The maximum absolute atomic E-state index is 2.33. The van der Waals surface area contributed by atoms with Gasteiger partial charge in [-0.05, 0) is 57.3 Å². The topological polar surface area (TPSA) is 0 Å². The van der Waals surface area contributed by atoms with Crippen LogP contribution in [0.15, 0.2) is 11.1 Å². The minimum atomic E-state index is 0.994. The molecule has 0 nitrogen and oxygen atoms in total. The minimum absolute atomic E-state index is 0.994. The molecule has 0 N–H and O–H groups in total. The van der Waals surface area contributed by atoms with E-state index in [2.05, 4.69) is 6.92 Å². The molecule has 0 amide bonds. The minimum Gasteiger partial charge on any atom is -0.0707 e. The lowest BCUT2D eigenvalue weighted by molar-refractivity contribution is 0.419. The molecular formula is C13H22. The number of hydrogen-bond donors (Lipinski definition) is 0. The summed E-state index contributed by atoms with van der Waals surface area (Å²) in [4.78, 5) is 0. The van der Waals surface area contributed by atoms with Gasteiger partial charge in [-0.25, -0.2) is 0 Å². The first kappa shape index (κ1) is 9.30. The second-order valence-electron chi connectivity index (χ2n) is 4.71. The van der Waals surface area contributed by atoms with E-state index in [1.54, 1.807) is 0 Å². The van der Waals surface area contributed by atoms with Gasteiger partial charge in [-0.1, -0.05) is 24.5 Å². The summed E-state index contributed by atoms with van der Waals surface area (Å²) in [6.07, 6.45) is 13.1. The molecule has 2 aliphatic carbocycles.